The number of benzene rings is 7. The molecule has 0 amide bonds. The second-order valence-electron chi connectivity index (χ2n) is 9.98. The summed E-state index contributed by atoms with van der Waals surface area (Å²) in [6, 6.07) is 50.7. The lowest BCUT2D eigenvalue weighted by molar-refractivity contribution is 0.623. The summed E-state index contributed by atoms with van der Waals surface area (Å²) in [7, 11) is 0. The van der Waals surface area contributed by atoms with Gasteiger partial charge in [-0.15, -0.1) is 0 Å². The smallest absolute Gasteiger partial charge is 0.227 e. The Kier molecular flexibility index (Phi) is 5.14. The lowest BCUT2D eigenvalue weighted by Gasteiger charge is -2.27. The van der Waals surface area contributed by atoms with Crippen molar-refractivity contribution in [3.63, 3.8) is 0 Å². The monoisotopic (exact) mass is 512 g/mol. The summed E-state index contributed by atoms with van der Waals surface area (Å²) in [4.78, 5) is 7.45. The molecule has 0 aliphatic rings. The van der Waals surface area contributed by atoms with E-state index in [1.807, 2.05) is 30.3 Å². The van der Waals surface area contributed by atoms with E-state index in [1.165, 1.54) is 5.39 Å². The maximum atomic E-state index is 6.52. The summed E-state index contributed by atoms with van der Waals surface area (Å²) < 4.78 is 6.52. The summed E-state index contributed by atoms with van der Waals surface area (Å²) in [5, 5.41) is 6.83. The van der Waals surface area contributed by atoms with Gasteiger partial charge in [-0.2, -0.15) is 0 Å². The molecule has 0 saturated carbocycles. The molecule has 40 heavy (non-hydrogen) atoms. The van der Waals surface area contributed by atoms with Crippen molar-refractivity contribution < 1.29 is 4.42 Å². The molecule has 0 unspecified atom stereocenters. The number of oxazole rings is 1. The van der Waals surface area contributed by atoms with E-state index < -0.39 is 0 Å². The number of rotatable bonds is 4. The molecular weight excluding hydrogens is 488 g/mol. The van der Waals surface area contributed by atoms with Gasteiger partial charge in [0, 0.05) is 33.1 Å². The van der Waals surface area contributed by atoms with E-state index in [0.29, 0.717) is 5.89 Å². The number of hydrogen-bond acceptors (Lipinski definition) is 3. The number of nitrogens with zero attached hydrogens (tertiary/aromatic N) is 2. The molecule has 0 aliphatic carbocycles. The van der Waals surface area contributed by atoms with Crippen LogP contribution in [0.15, 0.2) is 150 Å². The number of aromatic nitrogens is 1. The van der Waals surface area contributed by atoms with Gasteiger partial charge < -0.3 is 9.32 Å². The van der Waals surface area contributed by atoms with E-state index in [-0.39, 0.29) is 0 Å². The molecule has 0 aliphatic heterocycles. The Hall–Kier alpha value is -5.41. The normalized spacial score (nSPS) is 11.5. The first-order valence-corrected chi connectivity index (χ1v) is 13.5. The van der Waals surface area contributed by atoms with Crippen LogP contribution in [-0.4, -0.2) is 4.98 Å². The van der Waals surface area contributed by atoms with Gasteiger partial charge in [0.15, 0.2) is 5.58 Å². The van der Waals surface area contributed by atoms with E-state index in [1.54, 1.807) is 0 Å². The Labute approximate surface area is 231 Å². The van der Waals surface area contributed by atoms with Gasteiger partial charge in [0.05, 0.1) is 5.69 Å². The fourth-order valence-corrected chi connectivity index (χ4v) is 5.89. The molecule has 3 heteroatoms. The minimum absolute atomic E-state index is 0.636. The third-order valence-electron chi connectivity index (χ3n) is 7.65. The average Bonchev–Trinajstić information content (AvgIpc) is 3.48. The van der Waals surface area contributed by atoms with Crippen LogP contribution in [0.25, 0.3) is 54.9 Å². The molecule has 0 spiro atoms. The van der Waals surface area contributed by atoms with Crippen molar-refractivity contribution in [3.8, 4) is 11.5 Å². The lowest BCUT2D eigenvalue weighted by Crippen LogP contribution is -2.10. The van der Waals surface area contributed by atoms with E-state index in [0.717, 1.165) is 60.7 Å². The maximum Gasteiger partial charge on any atom is 0.227 e. The first kappa shape index (κ1) is 22.6. The molecule has 7 aromatic carbocycles. The van der Waals surface area contributed by atoms with Crippen LogP contribution in [0.3, 0.4) is 0 Å². The van der Waals surface area contributed by atoms with Crippen molar-refractivity contribution >= 4 is 60.5 Å². The maximum absolute atomic E-state index is 6.52. The van der Waals surface area contributed by atoms with Gasteiger partial charge in [0.25, 0.3) is 0 Å². The average molecular weight is 513 g/mol. The molecule has 0 fully saturated rings. The number of anilines is 3. The van der Waals surface area contributed by atoms with Gasteiger partial charge >= 0.3 is 0 Å². The highest BCUT2D eigenvalue weighted by atomic mass is 16.3. The molecule has 0 atom stereocenters. The van der Waals surface area contributed by atoms with E-state index in [2.05, 4.69) is 120 Å². The first-order valence-electron chi connectivity index (χ1n) is 13.5. The van der Waals surface area contributed by atoms with Crippen molar-refractivity contribution in [2.75, 3.05) is 4.90 Å². The Balaban J connectivity index is 1.49. The summed E-state index contributed by atoms with van der Waals surface area (Å²) in [5.74, 6) is 0.636. The zero-order valence-corrected chi connectivity index (χ0v) is 21.7. The molecule has 0 saturated heterocycles. The fraction of sp³-hybridized carbons (Fsp3) is 0. The number of fused-ring (bicyclic) bond motifs is 8. The molecule has 3 nitrogen and oxygen atoms in total. The van der Waals surface area contributed by atoms with Gasteiger partial charge in [0.2, 0.25) is 5.89 Å². The van der Waals surface area contributed by atoms with E-state index in [9.17, 15) is 0 Å². The first-order chi connectivity index (χ1) is 19.9. The molecule has 0 bridgehead atoms. The largest absolute Gasteiger partial charge is 0.435 e. The zero-order chi connectivity index (χ0) is 26.5. The molecule has 0 N–H and O–H groups in total. The third kappa shape index (κ3) is 3.49. The van der Waals surface area contributed by atoms with Crippen molar-refractivity contribution in [1.29, 1.82) is 0 Å². The standard InChI is InChI=1S/C37H24N2O/c1-4-13-25(14-5-1)37-38-35-34-30-21-12-22-33(39(26-15-6-2-7-16-26)27-17-8-3-9-18-27)29(30)23-24-31(34)28-19-10-11-20-32(28)36(35)40-37/h1-24H. The summed E-state index contributed by atoms with van der Waals surface area (Å²) >= 11 is 0. The van der Waals surface area contributed by atoms with Crippen LogP contribution in [0.1, 0.15) is 0 Å². The lowest BCUT2D eigenvalue weighted by atomic mass is 9.94. The van der Waals surface area contributed by atoms with E-state index in [4.69, 9.17) is 9.40 Å². The van der Waals surface area contributed by atoms with Crippen LogP contribution in [0, 0.1) is 0 Å². The fourth-order valence-electron chi connectivity index (χ4n) is 5.89. The summed E-state index contributed by atoms with van der Waals surface area (Å²) in [5.41, 5.74) is 6.01. The molecular formula is C37H24N2O. The second kappa shape index (κ2) is 9.11. The van der Waals surface area contributed by atoms with Crippen molar-refractivity contribution in [2.24, 2.45) is 0 Å². The molecule has 0 radical (unpaired) electrons. The van der Waals surface area contributed by atoms with Crippen molar-refractivity contribution in [3.05, 3.63) is 146 Å². The molecule has 188 valence electrons. The van der Waals surface area contributed by atoms with Crippen molar-refractivity contribution in [2.45, 2.75) is 0 Å². The zero-order valence-electron chi connectivity index (χ0n) is 21.7. The Morgan fingerprint density at radius 3 is 1.70 bits per heavy atom. The highest BCUT2D eigenvalue weighted by Crippen LogP contribution is 2.44. The SMILES string of the molecule is c1ccc(-c2nc3c(o2)c2ccccc2c2ccc4c(N(c5ccccc5)c5ccccc5)cccc4c23)cc1. The van der Waals surface area contributed by atoms with Crippen LogP contribution in [0.4, 0.5) is 17.1 Å². The molecule has 8 rings (SSSR count). The van der Waals surface area contributed by atoms with E-state index >= 15 is 0 Å². The Morgan fingerprint density at radius 2 is 1.00 bits per heavy atom. The number of para-hydroxylation sites is 2. The van der Waals surface area contributed by atoms with Crippen LogP contribution in [-0.2, 0) is 0 Å². The summed E-state index contributed by atoms with van der Waals surface area (Å²) in [6.45, 7) is 0. The van der Waals surface area contributed by atoms with Crippen LogP contribution < -0.4 is 4.90 Å². The highest BCUT2D eigenvalue weighted by molar-refractivity contribution is 6.30. The molecule has 8 aromatic rings. The third-order valence-corrected chi connectivity index (χ3v) is 7.65. The predicted molar refractivity (Wildman–Crippen MR) is 167 cm³/mol. The second-order valence-corrected chi connectivity index (χ2v) is 9.98. The van der Waals surface area contributed by atoms with Crippen molar-refractivity contribution in [1.82, 2.24) is 4.98 Å². The molecule has 1 heterocycles. The Bertz CT molecular complexity index is 2110. The minimum atomic E-state index is 0.636. The Morgan fingerprint density at radius 1 is 0.450 bits per heavy atom. The quantitative estimate of drug-likeness (QED) is 0.220. The summed E-state index contributed by atoms with van der Waals surface area (Å²) in [6.07, 6.45) is 0. The van der Waals surface area contributed by atoms with Gasteiger partial charge in [-0.3, -0.25) is 0 Å². The van der Waals surface area contributed by atoms with Gasteiger partial charge in [-0.1, -0.05) is 103 Å². The van der Waals surface area contributed by atoms with Gasteiger partial charge in [0.1, 0.15) is 5.52 Å². The minimum Gasteiger partial charge on any atom is -0.435 e. The van der Waals surface area contributed by atoms with Gasteiger partial charge in [-0.05, 0) is 58.6 Å². The van der Waals surface area contributed by atoms with Crippen LogP contribution in [0.2, 0.25) is 0 Å². The van der Waals surface area contributed by atoms with Gasteiger partial charge in [-0.25, -0.2) is 4.98 Å². The topological polar surface area (TPSA) is 29.3 Å². The van der Waals surface area contributed by atoms with Crippen LogP contribution in [0.5, 0.6) is 0 Å². The molecule has 1 aromatic heterocycles. The highest BCUT2D eigenvalue weighted by Gasteiger charge is 2.20. The van der Waals surface area contributed by atoms with Crippen LogP contribution >= 0.6 is 0 Å². The number of hydrogen-bond donors (Lipinski definition) is 0. The predicted octanol–water partition coefficient (Wildman–Crippen LogP) is 10.4.